The number of rotatable bonds is 4. The largest absolute Gasteiger partial charge is 0.293 e. The van der Waals surface area contributed by atoms with E-state index in [9.17, 15) is 4.79 Å². The maximum Gasteiger partial charge on any atom is 0.180 e. The van der Waals surface area contributed by atoms with E-state index < -0.39 is 0 Å². The normalized spacial score (nSPS) is 11.1. The highest BCUT2D eigenvalue weighted by atomic mass is 16.1. The second kappa shape index (κ2) is 5.72. The summed E-state index contributed by atoms with van der Waals surface area (Å²) in [5.41, 5.74) is 4.85. The van der Waals surface area contributed by atoms with Gasteiger partial charge in [0, 0.05) is 24.9 Å². The summed E-state index contributed by atoms with van der Waals surface area (Å²) in [5, 5.41) is 4.15. The molecule has 0 spiro atoms. The fraction of sp³-hybridized carbons (Fsp3) is 0.0714. The van der Waals surface area contributed by atoms with E-state index in [-0.39, 0.29) is 5.78 Å². The Hall–Kier alpha value is -2.49. The number of benzene rings is 1. The molecule has 4 nitrogen and oxygen atoms in total. The monoisotopic (exact) mass is 239 g/mol. The van der Waals surface area contributed by atoms with Gasteiger partial charge in [0.2, 0.25) is 0 Å². The molecule has 1 heterocycles. The number of aromatic nitrogens is 1. The summed E-state index contributed by atoms with van der Waals surface area (Å²) >= 11 is 0. The van der Waals surface area contributed by atoms with Crippen LogP contribution in [0.25, 0.3) is 0 Å². The van der Waals surface area contributed by atoms with E-state index in [1.165, 1.54) is 6.92 Å². The third-order valence-electron chi connectivity index (χ3n) is 2.36. The Kier molecular flexibility index (Phi) is 3.81. The minimum absolute atomic E-state index is 0.0929. The highest BCUT2D eigenvalue weighted by Crippen LogP contribution is 2.07. The van der Waals surface area contributed by atoms with Crippen molar-refractivity contribution in [3.8, 4) is 0 Å². The van der Waals surface area contributed by atoms with Crippen LogP contribution in [0.15, 0.2) is 60.0 Å². The molecule has 4 heteroatoms. The molecule has 1 aromatic carbocycles. The van der Waals surface area contributed by atoms with E-state index in [1.807, 2.05) is 30.3 Å². The van der Waals surface area contributed by atoms with Gasteiger partial charge in [-0.15, -0.1) is 0 Å². The number of nitrogens with one attached hydrogen (secondary N) is 1. The lowest BCUT2D eigenvalue weighted by molar-refractivity contribution is -0.111. The Morgan fingerprint density at radius 2 is 1.78 bits per heavy atom. The van der Waals surface area contributed by atoms with Crippen molar-refractivity contribution in [2.24, 2.45) is 5.10 Å². The van der Waals surface area contributed by atoms with Gasteiger partial charge in [-0.25, -0.2) is 0 Å². The van der Waals surface area contributed by atoms with Crippen LogP contribution in [-0.4, -0.2) is 16.5 Å². The second-order valence-electron chi connectivity index (χ2n) is 3.73. The second-order valence-corrected chi connectivity index (χ2v) is 3.73. The Bertz CT molecular complexity index is 550. The number of hydrogen-bond donors (Lipinski definition) is 1. The third-order valence-corrected chi connectivity index (χ3v) is 2.36. The summed E-state index contributed by atoms with van der Waals surface area (Å²) in [6.07, 6.45) is 3.27. The first-order valence-electron chi connectivity index (χ1n) is 5.57. The molecular formula is C14H13N3O. The first-order chi connectivity index (χ1) is 8.77. The van der Waals surface area contributed by atoms with Gasteiger partial charge in [0.15, 0.2) is 5.78 Å². The van der Waals surface area contributed by atoms with Crippen molar-refractivity contribution in [2.75, 3.05) is 5.43 Å². The molecule has 0 saturated carbocycles. The SMILES string of the molecule is CC(=O)/C(=N/Nc1ccccc1)c1ccncc1. The lowest BCUT2D eigenvalue weighted by atomic mass is 10.1. The Morgan fingerprint density at radius 1 is 1.11 bits per heavy atom. The van der Waals surface area contributed by atoms with Crippen molar-refractivity contribution < 1.29 is 4.79 Å². The van der Waals surface area contributed by atoms with Gasteiger partial charge in [0.05, 0.1) is 5.69 Å². The van der Waals surface area contributed by atoms with E-state index in [0.717, 1.165) is 11.3 Å². The summed E-state index contributed by atoms with van der Waals surface area (Å²) < 4.78 is 0. The number of ketones is 1. The van der Waals surface area contributed by atoms with Crippen molar-refractivity contribution in [3.63, 3.8) is 0 Å². The number of hydrazone groups is 1. The summed E-state index contributed by atoms with van der Waals surface area (Å²) in [7, 11) is 0. The molecule has 0 bridgehead atoms. The van der Waals surface area contributed by atoms with E-state index >= 15 is 0 Å². The summed E-state index contributed by atoms with van der Waals surface area (Å²) in [5.74, 6) is -0.0929. The molecule has 0 aliphatic heterocycles. The van der Waals surface area contributed by atoms with Crippen LogP contribution in [0.2, 0.25) is 0 Å². The molecule has 90 valence electrons. The maximum atomic E-state index is 11.6. The molecule has 0 unspecified atom stereocenters. The number of anilines is 1. The molecule has 18 heavy (non-hydrogen) atoms. The highest BCUT2D eigenvalue weighted by Gasteiger charge is 2.08. The van der Waals surface area contributed by atoms with Gasteiger partial charge in [0.25, 0.3) is 0 Å². The van der Waals surface area contributed by atoms with Crippen LogP contribution < -0.4 is 5.43 Å². The van der Waals surface area contributed by atoms with Crippen molar-refractivity contribution in [1.82, 2.24) is 4.98 Å². The zero-order valence-electron chi connectivity index (χ0n) is 10.00. The lowest BCUT2D eigenvalue weighted by Gasteiger charge is -2.04. The van der Waals surface area contributed by atoms with Crippen LogP contribution in [0, 0.1) is 0 Å². The van der Waals surface area contributed by atoms with E-state index in [4.69, 9.17) is 0 Å². The minimum atomic E-state index is -0.0929. The van der Waals surface area contributed by atoms with E-state index in [0.29, 0.717) is 5.71 Å². The Morgan fingerprint density at radius 3 is 2.39 bits per heavy atom. The average molecular weight is 239 g/mol. The molecule has 0 saturated heterocycles. The van der Waals surface area contributed by atoms with Gasteiger partial charge < -0.3 is 0 Å². The van der Waals surface area contributed by atoms with Crippen LogP contribution in [0.5, 0.6) is 0 Å². The average Bonchev–Trinajstić information content (AvgIpc) is 2.41. The molecule has 0 radical (unpaired) electrons. The van der Waals surface area contributed by atoms with Crippen LogP contribution in [0.1, 0.15) is 12.5 Å². The molecule has 0 aliphatic rings. The van der Waals surface area contributed by atoms with Crippen LogP contribution in [0.3, 0.4) is 0 Å². The van der Waals surface area contributed by atoms with Crippen LogP contribution in [0.4, 0.5) is 5.69 Å². The Balaban J connectivity index is 2.24. The molecule has 1 N–H and O–H groups in total. The number of nitrogens with zero attached hydrogens (tertiary/aromatic N) is 2. The van der Waals surface area contributed by atoms with Crippen LogP contribution >= 0.6 is 0 Å². The lowest BCUT2D eigenvalue weighted by Crippen LogP contribution is -2.13. The van der Waals surface area contributed by atoms with Gasteiger partial charge in [-0.3, -0.25) is 15.2 Å². The number of Topliss-reactive ketones (excluding diaryl/α,β-unsaturated/α-hetero) is 1. The molecule has 0 fully saturated rings. The topological polar surface area (TPSA) is 54.4 Å². The summed E-state index contributed by atoms with van der Waals surface area (Å²) in [6, 6.07) is 13.0. The third kappa shape index (κ3) is 3.01. The minimum Gasteiger partial charge on any atom is -0.293 e. The fourth-order valence-corrected chi connectivity index (χ4v) is 1.49. The number of hydrogen-bond acceptors (Lipinski definition) is 4. The molecule has 0 amide bonds. The predicted octanol–water partition coefficient (Wildman–Crippen LogP) is 2.49. The Labute approximate surface area is 105 Å². The number of carbonyl (C=O) groups excluding carboxylic acids is 1. The molecule has 2 aromatic rings. The van der Waals surface area contributed by atoms with Gasteiger partial charge in [0.1, 0.15) is 5.71 Å². The summed E-state index contributed by atoms with van der Waals surface area (Å²) in [6.45, 7) is 1.49. The molecular weight excluding hydrogens is 226 g/mol. The van der Waals surface area contributed by atoms with Crippen molar-refractivity contribution in [1.29, 1.82) is 0 Å². The van der Waals surface area contributed by atoms with Crippen LogP contribution in [-0.2, 0) is 4.79 Å². The zero-order chi connectivity index (χ0) is 12.8. The quantitative estimate of drug-likeness (QED) is 0.658. The van der Waals surface area contributed by atoms with Crippen molar-refractivity contribution in [3.05, 3.63) is 60.4 Å². The summed E-state index contributed by atoms with van der Waals surface area (Å²) in [4.78, 5) is 15.5. The van der Waals surface area contributed by atoms with Gasteiger partial charge in [-0.1, -0.05) is 18.2 Å². The maximum absolute atomic E-state index is 11.6. The molecule has 0 atom stereocenters. The van der Waals surface area contributed by atoms with Gasteiger partial charge in [-0.2, -0.15) is 5.10 Å². The smallest absolute Gasteiger partial charge is 0.180 e. The fourth-order valence-electron chi connectivity index (χ4n) is 1.49. The predicted molar refractivity (Wildman–Crippen MR) is 71.5 cm³/mol. The number of pyridine rings is 1. The number of para-hydroxylation sites is 1. The van der Waals surface area contributed by atoms with Crippen molar-refractivity contribution >= 4 is 17.2 Å². The molecule has 0 aliphatic carbocycles. The van der Waals surface area contributed by atoms with Crippen molar-refractivity contribution in [2.45, 2.75) is 6.92 Å². The number of carbonyl (C=O) groups is 1. The first kappa shape index (κ1) is 12.0. The van der Waals surface area contributed by atoms with E-state index in [2.05, 4.69) is 15.5 Å². The van der Waals surface area contributed by atoms with Gasteiger partial charge in [-0.05, 0) is 24.3 Å². The van der Waals surface area contributed by atoms with E-state index in [1.54, 1.807) is 24.5 Å². The zero-order valence-corrected chi connectivity index (χ0v) is 10.00. The first-order valence-corrected chi connectivity index (χ1v) is 5.57. The highest BCUT2D eigenvalue weighted by molar-refractivity contribution is 6.45. The van der Waals surface area contributed by atoms with Gasteiger partial charge >= 0.3 is 0 Å². The molecule has 2 rings (SSSR count). The standard InChI is InChI=1S/C14H13N3O/c1-11(18)14(12-7-9-15-10-8-12)17-16-13-5-3-2-4-6-13/h2-10,16H,1H3/b17-14-. The molecule has 1 aromatic heterocycles.